The third kappa shape index (κ3) is 11.7. The molecule has 0 bridgehead atoms. The number of likely N-dealkylation sites (tertiary alicyclic amines) is 1. The van der Waals surface area contributed by atoms with E-state index in [0.29, 0.717) is 13.0 Å². The summed E-state index contributed by atoms with van der Waals surface area (Å²) in [5.74, 6) is -2.07. The molecule has 1 unspecified atom stereocenters. The molecule has 1 fully saturated rings. The minimum Gasteiger partial charge on any atom is -0.480 e. The summed E-state index contributed by atoms with van der Waals surface area (Å²) in [6.45, 7) is 17.1. The molecule has 1 aliphatic heterocycles. The number of aliphatic carboxylic acids is 1. The van der Waals surface area contributed by atoms with Gasteiger partial charge in [-0.2, -0.15) is 0 Å². The van der Waals surface area contributed by atoms with Crippen molar-refractivity contribution in [1.82, 2.24) is 20.4 Å². The van der Waals surface area contributed by atoms with Crippen LogP contribution in [0, 0.1) is 29.6 Å². The van der Waals surface area contributed by atoms with Gasteiger partial charge < -0.3 is 35.0 Å². The summed E-state index contributed by atoms with van der Waals surface area (Å²) in [5, 5.41) is 16.0. The van der Waals surface area contributed by atoms with Crippen molar-refractivity contribution in [3.63, 3.8) is 0 Å². The van der Waals surface area contributed by atoms with Crippen LogP contribution in [0.1, 0.15) is 93.1 Å². The lowest BCUT2D eigenvalue weighted by molar-refractivity contribution is -0.149. The van der Waals surface area contributed by atoms with Crippen LogP contribution in [0.2, 0.25) is 0 Å². The van der Waals surface area contributed by atoms with Crippen LogP contribution in [0.25, 0.3) is 0 Å². The Labute approximate surface area is 307 Å². The van der Waals surface area contributed by atoms with E-state index in [1.807, 2.05) is 49.3 Å². The fourth-order valence-corrected chi connectivity index (χ4v) is 7.50. The highest BCUT2D eigenvalue weighted by molar-refractivity contribution is 5.85. The van der Waals surface area contributed by atoms with Crippen molar-refractivity contribution in [2.45, 2.75) is 130 Å². The molecule has 0 saturated carbocycles. The van der Waals surface area contributed by atoms with Crippen LogP contribution in [0.5, 0.6) is 0 Å². The largest absolute Gasteiger partial charge is 0.480 e. The standard InChI is InChI=1S/C40H68N4O7/c1-13-26(4)35(43(10)38(47)30(25(2)3)22-27(5)40(7,8)41-9)33(50-11)24-34(45)44-21-17-20-32(44)36(51-12)28(6)37(46)42-31(39(48)49)23-29-18-15-14-16-19-29/h14-16,18-19,25-28,30-33,35-36,41H,13,17,20-24H2,1-12H3,(H,42,46)(H,48,49)/t26-,27?,28+,30-,31-,32-,33+,35-,36+/m0/s1. The van der Waals surface area contributed by atoms with Crippen LogP contribution in [0.15, 0.2) is 30.3 Å². The molecule has 3 N–H and O–H groups in total. The van der Waals surface area contributed by atoms with Gasteiger partial charge >= 0.3 is 5.97 Å². The molecule has 51 heavy (non-hydrogen) atoms. The lowest BCUT2D eigenvalue weighted by atomic mass is 9.77. The third-order valence-electron chi connectivity index (χ3n) is 11.8. The number of rotatable bonds is 21. The average molecular weight is 717 g/mol. The van der Waals surface area contributed by atoms with Crippen LogP contribution in [0.4, 0.5) is 0 Å². The molecule has 0 aromatic heterocycles. The topological polar surface area (TPSA) is 138 Å². The van der Waals surface area contributed by atoms with Crippen LogP contribution in [-0.2, 0) is 35.1 Å². The molecule has 1 aromatic rings. The zero-order chi connectivity index (χ0) is 38.6. The fourth-order valence-electron chi connectivity index (χ4n) is 7.50. The Balaban J connectivity index is 2.26. The molecule has 11 nitrogen and oxygen atoms in total. The highest BCUT2D eigenvalue weighted by atomic mass is 16.5. The van der Waals surface area contributed by atoms with Gasteiger partial charge in [0.05, 0.1) is 36.6 Å². The van der Waals surface area contributed by atoms with Gasteiger partial charge in [0.15, 0.2) is 0 Å². The van der Waals surface area contributed by atoms with Crippen molar-refractivity contribution < 1.29 is 33.8 Å². The summed E-state index contributed by atoms with van der Waals surface area (Å²) in [5.41, 5.74) is 0.672. The zero-order valence-corrected chi connectivity index (χ0v) is 33.4. The summed E-state index contributed by atoms with van der Waals surface area (Å²) < 4.78 is 11.9. The Bertz CT molecular complexity index is 1260. The van der Waals surface area contributed by atoms with Gasteiger partial charge in [-0.1, -0.05) is 78.3 Å². The minimum absolute atomic E-state index is 0.0637. The number of methoxy groups -OCH3 is 2. The van der Waals surface area contributed by atoms with Gasteiger partial charge in [-0.25, -0.2) is 4.79 Å². The number of benzene rings is 1. The molecule has 2 rings (SSSR count). The van der Waals surface area contributed by atoms with Crippen LogP contribution < -0.4 is 10.6 Å². The summed E-state index contributed by atoms with van der Waals surface area (Å²) in [6.07, 6.45) is 1.97. The Hall–Kier alpha value is -3.02. The number of carbonyl (C=O) groups is 4. The molecule has 0 spiro atoms. The normalized spacial score (nSPS) is 19.8. The first kappa shape index (κ1) is 44.1. The van der Waals surface area contributed by atoms with Crippen molar-refractivity contribution >= 4 is 23.7 Å². The summed E-state index contributed by atoms with van der Waals surface area (Å²) >= 11 is 0. The highest BCUT2D eigenvalue weighted by Gasteiger charge is 2.43. The third-order valence-corrected chi connectivity index (χ3v) is 11.8. The van der Waals surface area contributed by atoms with E-state index in [9.17, 15) is 24.3 Å². The maximum atomic E-state index is 14.3. The monoisotopic (exact) mass is 717 g/mol. The second kappa shape index (κ2) is 20.3. The van der Waals surface area contributed by atoms with Crippen molar-refractivity contribution in [3.8, 4) is 0 Å². The van der Waals surface area contributed by atoms with Crippen molar-refractivity contribution in [2.24, 2.45) is 29.6 Å². The number of carboxylic acid groups (broad SMARTS) is 1. The minimum atomic E-state index is -1.12. The number of likely N-dealkylation sites (N-methyl/N-ethyl adjacent to an activating group) is 1. The number of amides is 3. The lowest BCUT2D eigenvalue weighted by Crippen LogP contribution is -2.55. The SMILES string of the molecule is CC[C@H](C)[C@@H]([C@@H](CC(=O)N1CCC[C@H]1[C@H](OC)[C@@H](C)C(=O)N[C@@H](Cc1ccccc1)C(=O)O)OC)N(C)C(=O)[C@@H](CC(C)C(C)(C)NC)C(C)C. The van der Waals surface area contributed by atoms with Gasteiger partial charge in [0, 0.05) is 45.7 Å². The van der Waals surface area contributed by atoms with Crippen LogP contribution in [-0.4, -0.2) is 109 Å². The van der Waals surface area contributed by atoms with E-state index in [0.717, 1.165) is 24.8 Å². The number of nitrogens with zero attached hydrogens (tertiary/aromatic N) is 2. The van der Waals surface area contributed by atoms with Gasteiger partial charge in [0.1, 0.15) is 6.04 Å². The Morgan fingerprint density at radius 3 is 2.18 bits per heavy atom. The van der Waals surface area contributed by atoms with E-state index in [-0.39, 0.29) is 66.0 Å². The molecule has 1 heterocycles. The first-order chi connectivity index (χ1) is 23.9. The molecule has 0 aliphatic carbocycles. The van der Waals surface area contributed by atoms with Gasteiger partial charge in [-0.05, 0) is 63.5 Å². The molecule has 290 valence electrons. The van der Waals surface area contributed by atoms with Gasteiger partial charge in [-0.15, -0.1) is 0 Å². The predicted octanol–water partition coefficient (Wildman–Crippen LogP) is 5.02. The number of carbonyl (C=O) groups excluding carboxylic acids is 3. The maximum Gasteiger partial charge on any atom is 0.326 e. The first-order valence-electron chi connectivity index (χ1n) is 18.8. The molecule has 1 aliphatic rings. The number of carboxylic acids is 1. The number of hydrogen-bond donors (Lipinski definition) is 3. The van der Waals surface area contributed by atoms with E-state index in [1.54, 1.807) is 18.9 Å². The Morgan fingerprint density at radius 1 is 1.04 bits per heavy atom. The van der Waals surface area contributed by atoms with Crippen molar-refractivity contribution in [2.75, 3.05) is 34.9 Å². The number of ether oxygens (including phenoxy) is 2. The lowest BCUT2D eigenvalue weighted by Gasteiger charge is -2.42. The highest BCUT2D eigenvalue weighted by Crippen LogP contribution is 2.33. The quantitative estimate of drug-likeness (QED) is 0.162. The fraction of sp³-hybridized carbons (Fsp3) is 0.750. The molecular formula is C40H68N4O7. The second-order valence-corrected chi connectivity index (χ2v) is 15.6. The van der Waals surface area contributed by atoms with Crippen molar-refractivity contribution in [3.05, 3.63) is 35.9 Å². The molecule has 1 aromatic carbocycles. The molecular weight excluding hydrogens is 648 g/mol. The van der Waals surface area contributed by atoms with Crippen LogP contribution in [0.3, 0.4) is 0 Å². The summed E-state index contributed by atoms with van der Waals surface area (Å²) in [7, 11) is 6.92. The van der Waals surface area contributed by atoms with Gasteiger partial charge in [-0.3, -0.25) is 14.4 Å². The Morgan fingerprint density at radius 2 is 1.67 bits per heavy atom. The zero-order valence-electron chi connectivity index (χ0n) is 33.4. The summed E-state index contributed by atoms with van der Waals surface area (Å²) in [6, 6.07) is 7.36. The van der Waals surface area contributed by atoms with Crippen molar-refractivity contribution in [1.29, 1.82) is 0 Å². The maximum absolute atomic E-state index is 14.3. The summed E-state index contributed by atoms with van der Waals surface area (Å²) in [4.78, 5) is 57.6. The van der Waals surface area contributed by atoms with E-state index < -0.39 is 36.0 Å². The van der Waals surface area contributed by atoms with E-state index in [4.69, 9.17) is 9.47 Å². The van der Waals surface area contributed by atoms with E-state index in [2.05, 4.69) is 59.1 Å². The Kier molecular flexibility index (Phi) is 17.6. The molecule has 9 atom stereocenters. The second-order valence-electron chi connectivity index (χ2n) is 15.6. The molecule has 1 saturated heterocycles. The molecule has 0 radical (unpaired) electrons. The molecule has 3 amide bonds. The average Bonchev–Trinajstić information content (AvgIpc) is 3.59. The van der Waals surface area contributed by atoms with E-state index >= 15 is 0 Å². The predicted molar refractivity (Wildman–Crippen MR) is 201 cm³/mol. The van der Waals surface area contributed by atoms with Crippen LogP contribution >= 0.6 is 0 Å². The smallest absolute Gasteiger partial charge is 0.326 e. The number of nitrogens with one attached hydrogen (secondary N) is 2. The first-order valence-corrected chi connectivity index (χ1v) is 18.8. The van der Waals surface area contributed by atoms with Gasteiger partial charge in [0.25, 0.3) is 0 Å². The van der Waals surface area contributed by atoms with E-state index in [1.165, 1.54) is 7.11 Å². The van der Waals surface area contributed by atoms with Gasteiger partial charge in [0.2, 0.25) is 17.7 Å². The number of hydrogen-bond acceptors (Lipinski definition) is 7. The molecule has 11 heteroatoms.